The van der Waals surface area contributed by atoms with Crippen LogP contribution in [-0.4, -0.2) is 25.1 Å². The Morgan fingerprint density at radius 2 is 2.24 bits per heavy atom. The predicted molar refractivity (Wildman–Crippen MR) is 68.6 cm³/mol. The van der Waals surface area contributed by atoms with Crippen molar-refractivity contribution in [3.63, 3.8) is 0 Å². The standard InChI is InChI=1S/C13H19N3O/c1-3-16(8-4-7-14)10-11-5-6-13(17-2)12(15)9-11/h5-6,9H,3-4,8,10,15H2,1-2H3. The van der Waals surface area contributed by atoms with Gasteiger partial charge in [0, 0.05) is 19.5 Å². The molecule has 0 fully saturated rings. The number of rotatable bonds is 6. The summed E-state index contributed by atoms with van der Waals surface area (Å²) in [6, 6.07) is 7.97. The second-order valence-electron chi connectivity index (χ2n) is 3.85. The number of methoxy groups -OCH3 is 1. The van der Waals surface area contributed by atoms with E-state index in [1.165, 1.54) is 0 Å². The molecule has 0 atom stereocenters. The van der Waals surface area contributed by atoms with E-state index in [9.17, 15) is 0 Å². The fraction of sp³-hybridized carbons (Fsp3) is 0.462. The Bertz CT molecular complexity index is 398. The smallest absolute Gasteiger partial charge is 0.141 e. The third-order valence-corrected chi connectivity index (χ3v) is 2.69. The predicted octanol–water partition coefficient (Wildman–Crippen LogP) is 2.01. The highest BCUT2D eigenvalue weighted by Crippen LogP contribution is 2.22. The lowest BCUT2D eigenvalue weighted by molar-refractivity contribution is 0.286. The molecule has 1 aromatic rings. The molecular formula is C13H19N3O. The fourth-order valence-corrected chi connectivity index (χ4v) is 1.70. The third-order valence-electron chi connectivity index (χ3n) is 2.69. The number of anilines is 1. The normalized spacial score (nSPS) is 10.2. The van der Waals surface area contributed by atoms with Gasteiger partial charge in [-0.3, -0.25) is 4.90 Å². The molecular weight excluding hydrogens is 214 g/mol. The first-order valence-corrected chi connectivity index (χ1v) is 5.73. The van der Waals surface area contributed by atoms with Crippen molar-refractivity contribution in [3.8, 4) is 11.8 Å². The molecule has 0 unspecified atom stereocenters. The minimum atomic E-state index is 0.555. The van der Waals surface area contributed by atoms with Crippen molar-refractivity contribution in [1.29, 1.82) is 5.26 Å². The van der Waals surface area contributed by atoms with E-state index in [1.807, 2.05) is 18.2 Å². The van der Waals surface area contributed by atoms with Crippen LogP contribution in [0.25, 0.3) is 0 Å². The van der Waals surface area contributed by atoms with Gasteiger partial charge in [-0.25, -0.2) is 0 Å². The number of hydrogen-bond donors (Lipinski definition) is 1. The third kappa shape index (κ3) is 3.97. The molecule has 0 saturated heterocycles. The van der Waals surface area contributed by atoms with Crippen molar-refractivity contribution in [1.82, 2.24) is 4.90 Å². The van der Waals surface area contributed by atoms with Crippen LogP contribution < -0.4 is 10.5 Å². The summed E-state index contributed by atoms with van der Waals surface area (Å²) >= 11 is 0. The number of nitriles is 1. The quantitative estimate of drug-likeness (QED) is 0.763. The Balaban J connectivity index is 2.67. The molecule has 0 bridgehead atoms. The first kappa shape index (κ1) is 13.3. The van der Waals surface area contributed by atoms with E-state index >= 15 is 0 Å². The van der Waals surface area contributed by atoms with E-state index in [1.54, 1.807) is 7.11 Å². The molecule has 1 rings (SSSR count). The highest BCUT2D eigenvalue weighted by molar-refractivity contribution is 5.54. The van der Waals surface area contributed by atoms with Crippen LogP contribution in [0.1, 0.15) is 18.9 Å². The van der Waals surface area contributed by atoms with Gasteiger partial charge >= 0.3 is 0 Å². The number of nitrogens with two attached hydrogens (primary N) is 1. The van der Waals surface area contributed by atoms with E-state index in [0.717, 1.165) is 25.2 Å². The summed E-state index contributed by atoms with van der Waals surface area (Å²) in [5, 5.41) is 8.58. The number of benzene rings is 1. The molecule has 0 radical (unpaired) electrons. The van der Waals surface area contributed by atoms with Crippen LogP contribution in [0.2, 0.25) is 0 Å². The average molecular weight is 233 g/mol. The van der Waals surface area contributed by atoms with Crippen molar-refractivity contribution >= 4 is 5.69 Å². The van der Waals surface area contributed by atoms with E-state index in [4.69, 9.17) is 15.7 Å². The van der Waals surface area contributed by atoms with Crippen LogP contribution >= 0.6 is 0 Å². The lowest BCUT2D eigenvalue weighted by Gasteiger charge is -2.19. The lowest BCUT2D eigenvalue weighted by Crippen LogP contribution is -2.23. The van der Waals surface area contributed by atoms with Crippen molar-refractivity contribution < 1.29 is 4.74 Å². The molecule has 0 aromatic heterocycles. The van der Waals surface area contributed by atoms with Crippen LogP contribution in [0.15, 0.2) is 18.2 Å². The highest BCUT2D eigenvalue weighted by Gasteiger charge is 2.05. The van der Waals surface area contributed by atoms with E-state index in [-0.39, 0.29) is 0 Å². The molecule has 92 valence electrons. The van der Waals surface area contributed by atoms with Gasteiger partial charge in [0.25, 0.3) is 0 Å². The number of hydrogen-bond acceptors (Lipinski definition) is 4. The van der Waals surface area contributed by atoms with E-state index < -0.39 is 0 Å². The molecule has 0 saturated carbocycles. The summed E-state index contributed by atoms with van der Waals surface area (Å²) in [7, 11) is 1.61. The molecule has 0 aliphatic rings. The van der Waals surface area contributed by atoms with Crippen LogP contribution in [0.5, 0.6) is 5.75 Å². The molecule has 0 amide bonds. The Morgan fingerprint density at radius 1 is 1.47 bits per heavy atom. The Hall–Kier alpha value is -1.73. The highest BCUT2D eigenvalue weighted by atomic mass is 16.5. The minimum Gasteiger partial charge on any atom is -0.495 e. The monoisotopic (exact) mass is 233 g/mol. The zero-order chi connectivity index (χ0) is 12.7. The number of nitrogen functional groups attached to an aromatic ring is 1. The molecule has 17 heavy (non-hydrogen) atoms. The van der Waals surface area contributed by atoms with Crippen LogP contribution in [0.3, 0.4) is 0 Å². The summed E-state index contributed by atoms with van der Waals surface area (Å²) in [5.74, 6) is 0.703. The molecule has 4 heteroatoms. The SMILES string of the molecule is CCN(CCC#N)Cc1ccc(OC)c(N)c1. The summed E-state index contributed by atoms with van der Waals surface area (Å²) < 4.78 is 5.11. The first-order chi connectivity index (χ1) is 8.21. The van der Waals surface area contributed by atoms with Gasteiger partial charge in [0.05, 0.1) is 18.9 Å². The summed E-state index contributed by atoms with van der Waals surface area (Å²) in [6.45, 7) is 4.61. The van der Waals surface area contributed by atoms with Crippen LogP contribution in [-0.2, 0) is 6.54 Å². The van der Waals surface area contributed by atoms with Gasteiger partial charge in [-0.15, -0.1) is 0 Å². The molecule has 0 heterocycles. The Labute approximate surface area is 103 Å². The van der Waals surface area contributed by atoms with Gasteiger partial charge in [0.15, 0.2) is 0 Å². The molecule has 1 aromatic carbocycles. The van der Waals surface area contributed by atoms with E-state index in [2.05, 4.69) is 17.9 Å². The fourth-order valence-electron chi connectivity index (χ4n) is 1.70. The lowest BCUT2D eigenvalue weighted by atomic mass is 10.1. The van der Waals surface area contributed by atoms with Crippen molar-refractivity contribution in [2.45, 2.75) is 19.9 Å². The van der Waals surface area contributed by atoms with Crippen molar-refractivity contribution in [3.05, 3.63) is 23.8 Å². The first-order valence-electron chi connectivity index (χ1n) is 5.73. The second-order valence-corrected chi connectivity index (χ2v) is 3.85. The molecule has 0 aliphatic carbocycles. The maximum absolute atomic E-state index is 8.58. The molecule has 0 spiro atoms. The van der Waals surface area contributed by atoms with Gasteiger partial charge in [-0.2, -0.15) is 5.26 Å². The number of ether oxygens (including phenoxy) is 1. The van der Waals surface area contributed by atoms with Gasteiger partial charge in [0.1, 0.15) is 5.75 Å². The van der Waals surface area contributed by atoms with Gasteiger partial charge in [-0.1, -0.05) is 13.0 Å². The average Bonchev–Trinajstić information content (AvgIpc) is 2.34. The van der Waals surface area contributed by atoms with Gasteiger partial charge < -0.3 is 10.5 Å². The molecule has 2 N–H and O–H groups in total. The van der Waals surface area contributed by atoms with Crippen LogP contribution in [0, 0.1) is 11.3 Å². The zero-order valence-corrected chi connectivity index (χ0v) is 10.4. The largest absolute Gasteiger partial charge is 0.495 e. The van der Waals surface area contributed by atoms with Crippen LogP contribution in [0.4, 0.5) is 5.69 Å². The topological polar surface area (TPSA) is 62.3 Å². The summed E-state index contributed by atoms with van der Waals surface area (Å²) in [5.41, 5.74) is 7.65. The summed E-state index contributed by atoms with van der Waals surface area (Å²) in [4.78, 5) is 2.21. The zero-order valence-electron chi connectivity index (χ0n) is 10.4. The second kappa shape index (κ2) is 6.77. The van der Waals surface area contributed by atoms with Crippen molar-refractivity contribution in [2.75, 3.05) is 25.9 Å². The summed E-state index contributed by atoms with van der Waals surface area (Å²) in [6.07, 6.45) is 0.555. The van der Waals surface area contributed by atoms with E-state index in [0.29, 0.717) is 17.9 Å². The van der Waals surface area contributed by atoms with Gasteiger partial charge in [0.2, 0.25) is 0 Å². The number of nitrogens with zero attached hydrogens (tertiary/aromatic N) is 2. The molecule has 0 aliphatic heterocycles. The maximum Gasteiger partial charge on any atom is 0.141 e. The minimum absolute atomic E-state index is 0.555. The Morgan fingerprint density at radius 3 is 2.76 bits per heavy atom. The maximum atomic E-state index is 8.58. The molecule has 4 nitrogen and oxygen atoms in total. The van der Waals surface area contributed by atoms with Gasteiger partial charge in [-0.05, 0) is 24.2 Å². The Kier molecular flexibility index (Phi) is 5.31. The van der Waals surface area contributed by atoms with Crippen molar-refractivity contribution in [2.24, 2.45) is 0 Å².